The first-order valence-corrected chi connectivity index (χ1v) is 9.58. The van der Waals surface area contributed by atoms with Crippen LogP contribution in [0.4, 0.5) is 5.69 Å². The van der Waals surface area contributed by atoms with Gasteiger partial charge in [-0.15, -0.1) is 0 Å². The molecule has 138 valence electrons. The summed E-state index contributed by atoms with van der Waals surface area (Å²) in [7, 11) is 1.46. The zero-order chi connectivity index (χ0) is 18.1. The van der Waals surface area contributed by atoms with E-state index in [1.54, 1.807) is 0 Å². The van der Waals surface area contributed by atoms with Crippen molar-refractivity contribution in [1.29, 1.82) is 0 Å². The number of esters is 1. The molecule has 3 bridgehead atoms. The number of aliphatic hydroxyl groups excluding tert-OH is 1. The number of hydrogen-bond donors (Lipinski definition) is 2. The van der Waals surface area contributed by atoms with Crippen LogP contribution < -0.4 is 5.32 Å². The number of methoxy groups -OCH3 is 1. The van der Waals surface area contributed by atoms with Gasteiger partial charge in [-0.1, -0.05) is 29.8 Å². The molecule has 0 amide bonds. The van der Waals surface area contributed by atoms with Gasteiger partial charge in [-0.05, 0) is 37.9 Å². The van der Waals surface area contributed by atoms with E-state index in [0.29, 0.717) is 6.04 Å². The van der Waals surface area contributed by atoms with Crippen molar-refractivity contribution in [1.82, 2.24) is 4.90 Å². The lowest BCUT2D eigenvalue weighted by Crippen LogP contribution is -2.77. The fraction of sp³-hybridized carbons (Fsp3) is 0.571. The van der Waals surface area contributed by atoms with Crippen LogP contribution in [0.15, 0.2) is 35.9 Å². The summed E-state index contributed by atoms with van der Waals surface area (Å²) in [6.45, 7) is 3.70. The molecule has 4 aliphatic rings. The number of nitrogens with zero attached hydrogens (tertiary/aromatic N) is 1. The van der Waals surface area contributed by atoms with Crippen molar-refractivity contribution >= 4 is 11.7 Å². The highest BCUT2D eigenvalue weighted by Crippen LogP contribution is 2.67. The van der Waals surface area contributed by atoms with Gasteiger partial charge in [0, 0.05) is 29.6 Å². The molecule has 5 rings (SSSR count). The highest BCUT2D eigenvalue weighted by Gasteiger charge is 2.74. The topological polar surface area (TPSA) is 61.8 Å². The molecule has 1 aromatic carbocycles. The van der Waals surface area contributed by atoms with Crippen molar-refractivity contribution in [3.05, 3.63) is 41.5 Å². The smallest absolute Gasteiger partial charge is 0.315 e. The van der Waals surface area contributed by atoms with E-state index >= 15 is 0 Å². The fourth-order valence-corrected chi connectivity index (χ4v) is 6.77. The summed E-state index contributed by atoms with van der Waals surface area (Å²) in [4.78, 5) is 15.9. The lowest BCUT2D eigenvalue weighted by atomic mass is 9.42. The Morgan fingerprint density at radius 1 is 1.46 bits per heavy atom. The first-order chi connectivity index (χ1) is 12.6. The van der Waals surface area contributed by atoms with Gasteiger partial charge in [0.15, 0.2) is 0 Å². The van der Waals surface area contributed by atoms with Crippen LogP contribution in [-0.2, 0) is 14.9 Å². The second-order valence-corrected chi connectivity index (χ2v) is 8.20. The van der Waals surface area contributed by atoms with Crippen molar-refractivity contribution in [2.75, 3.05) is 32.1 Å². The molecule has 1 saturated carbocycles. The Morgan fingerprint density at radius 2 is 2.27 bits per heavy atom. The lowest BCUT2D eigenvalue weighted by Gasteiger charge is -2.66. The van der Waals surface area contributed by atoms with E-state index in [1.807, 2.05) is 12.1 Å². The number of anilines is 1. The van der Waals surface area contributed by atoms with E-state index in [4.69, 9.17) is 4.74 Å². The number of rotatable bonds is 2. The second kappa shape index (κ2) is 5.33. The van der Waals surface area contributed by atoms with Crippen molar-refractivity contribution in [2.24, 2.45) is 11.3 Å². The van der Waals surface area contributed by atoms with E-state index < -0.39 is 10.8 Å². The highest BCUT2D eigenvalue weighted by atomic mass is 16.5. The average Bonchev–Trinajstić information content (AvgIpc) is 3.04. The standard InChI is InChI=1S/C21H26N2O3/c1-3-13-11-23-9-8-20-14-6-4-5-7-16(14)22-18(20)17(23)10-15(13)21(20,12-24)19(25)26-2/h3-7,15,17-18,22,24H,8-12H2,1-2H3/t15-,17-,18-,20+,21+/m0/s1. The molecule has 3 aliphatic heterocycles. The molecular weight excluding hydrogens is 328 g/mol. The number of allylic oxidation sites excluding steroid dienone is 1. The highest BCUT2D eigenvalue weighted by molar-refractivity contribution is 5.84. The summed E-state index contributed by atoms with van der Waals surface area (Å²) >= 11 is 0. The van der Waals surface area contributed by atoms with Crippen LogP contribution in [0.5, 0.6) is 0 Å². The van der Waals surface area contributed by atoms with Gasteiger partial charge in [0.05, 0.1) is 19.8 Å². The van der Waals surface area contributed by atoms with Gasteiger partial charge in [0.2, 0.25) is 0 Å². The minimum atomic E-state index is -0.934. The molecule has 0 radical (unpaired) electrons. The number of ether oxygens (including phenoxy) is 1. The number of aliphatic hydroxyl groups is 1. The molecule has 1 aromatic rings. The van der Waals surface area contributed by atoms with Crippen LogP contribution in [0.25, 0.3) is 0 Å². The Kier molecular flexibility index (Phi) is 3.35. The first-order valence-electron chi connectivity index (χ1n) is 9.58. The molecule has 1 aliphatic carbocycles. The number of carbonyl (C=O) groups excluding carboxylic acids is 1. The maximum atomic E-state index is 13.4. The number of benzene rings is 1. The third-order valence-electron chi connectivity index (χ3n) is 7.77. The Balaban J connectivity index is 1.84. The van der Waals surface area contributed by atoms with E-state index in [2.05, 4.69) is 35.3 Å². The van der Waals surface area contributed by atoms with Crippen LogP contribution in [0.1, 0.15) is 25.3 Å². The third-order valence-corrected chi connectivity index (χ3v) is 7.77. The summed E-state index contributed by atoms with van der Waals surface area (Å²) in [6.07, 6.45) is 3.90. The third kappa shape index (κ3) is 1.58. The fourth-order valence-electron chi connectivity index (χ4n) is 6.77. The minimum absolute atomic E-state index is 0.0238. The maximum absolute atomic E-state index is 13.4. The number of nitrogens with one attached hydrogen (secondary N) is 1. The molecule has 26 heavy (non-hydrogen) atoms. The van der Waals surface area contributed by atoms with Gasteiger partial charge in [-0.25, -0.2) is 0 Å². The van der Waals surface area contributed by atoms with Crippen LogP contribution in [0.3, 0.4) is 0 Å². The van der Waals surface area contributed by atoms with Crippen molar-refractivity contribution in [3.63, 3.8) is 0 Å². The quantitative estimate of drug-likeness (QED) is 0.628. The number of hydrogen-bond acceptors (Lipinski definition) is 5. The van der Waals surface area contributed by atoms with Crippen LogP contribution in [0.2, 0.25) is 0 Å². The van der Waals surface area contributed by atoms with Crippen molar-refractivity contribution < 1.29 is 14.6 Å². The largest absolute Gasteiger partial charge is 0.468 e. The van der Waals surface area contributed by atoms with E-state index in [0.717, 1.165) is 31.6 Å². The molecular formula is C21H26N2O3. The zero-order valence-corrected chi connectivity index (χ0v) is 15.4. The first kappa shape index (κ1) is 16.3. The molecule has 5 atom stereocenters. The minimum Gasteiger partial charge on any atom is -0.468 e. The summed E-state index contributed by atoms with van der Waals surface area (Å²) < 4.78 is 5.37. The summed E-state index contributed by atoms with van der Waals surface area (Å²) in [5.41, 5.74) is 2.19. The van der Waals surface area contributed by atoms with Gasteiger partial charge >= 0.3 is 5.97 Å². The lowest BCUT2D eigenvalue weighted by molar-refractivity contribution is -0.184. The number of fused-ring (bicyclic) bond motifs is 2. The summed E-state index contributed by atoms with van der Waals surface area (Å²) in [5, 5.41) is 14.5. The monoisotopic (exact) mass is 354 g/mol. The summed E-state index contributed by atoms with van der Waals surface area (Å²) in [6, 6.07) is 8.84. The average molecular weight is 354 g/mol. The SMILES string of the molecule is CC=C1CN2CC[C@@]34c5ccccc5N[C@H]3[C@@H]2C[C@@H]1[C@]4(CO)C(=O)OC. The van der Waals surface area contributed by atoms with Crippen LogP contribution in [0, 0.1) is 11.3 Å². The summed E-state index contributed by atoms with van der Waals surface area (Å²) in [5.74, 6) is -0.239. The maximum Gasteiger partial charge on any atom is 0.315 e. The van der Waals surface area contributed by atoms with E-state index in [1.165, 1.54) is 18.2 Å². The normalized spacial score (nSPS) is 41.5. The van der Waals surface area contributed by atoms with Gasteiger partial charge in [-0.3, -0.25) is 9.69 Å². The zero-order valence-electron chi connectivity index (χ0n) is 15.4. The van der Waals surface area contributed by atoms with Gasteiger partial charge in [-0.2, -0.15) is 0 Å². The molecule has 3 fully saturated rings. The molecule has 3 heterocycles. The molecule has 2 N–H and O–H groups in total. The van der Waals surface area contributed by atoms with E-state index in [9.17, 15) is 9.90 Å². The molecule has 0 spiro atoms. The van der Waals surface area contributed by atoms with Gasteiger partial charge < -0.3 is 15.2 Å². The molecule has 2 saturated heterocycles. The van der Waals surface area contributed by atoms with E-state index in [-0.39, 0.29) is 24.5 Å². The van der Waals surface area contributed by atoms with Gasteiger partial charge in [0.25, 0.3) is 0 Å². The molecule has 5 nitrogen and oxygen atoms in total. The number of piperidine rings is 2. The Bertz CT molecular complexity index is 806. The molecule has 0 unspecified atom stereocenters. The molecule has 5 heteroatoms. The van der Waals surface area contributed by atoms with Crippen molar-refractivity contribution in [3.8, 4) is 0 Å². The van der Waals surface area contributed by atoms with Crippen molar-refractivity contribution in [2.45, 2.75) is 37.3 Å². The predicted molar refractivity (Wildman–Crippen MR) is 98.9 cm³/mol. The predicted octanol–water partition coefficient (Wildman–Crippen LogP) is 1.92. The number of carbonyl (C=O) groups is 1. The van der Waals surface area contributed by atoms with Gasteiger partial charge in [0.1, 0.15) is 5.41 Å². The Morgan fingerprint density at radius 3 is 3.00 bits per heavy atom. The Labute approximate surface area is 154 Å². The molecule has 0 aromatic heterocycles. The number of para-hydroxylation sites is 1. The van der Waals surface area contributed by atoms with Crippen LogP contribution in [-0.4, -0.2) is 54.9 Å². The second-order valence-electron chi connectivity index (χ2n) is 8.20. The van der Waals surface area contributed by atoms with Crippen LogP contribution >= 0.6 is 0 Å². The Hall–Kier alpha value is -1.85.